The number of imide groups is 1. The summed E-state index contributed by atoms with van der Waals surface area (Å²) >= 11 is 0. The van der Waals surface area contributed by atoms with Gasteiger partial charge >= 0.3 is 0 Å². The maximum atomic E-state index is 15.4. The normalized spacial score (nSPS) is 13.8. The van der Waals surface area contributed by atoms with Gasteiger partial charge in [0.25, 0.3) is 5.91 Å². The van der Waals surface area contributed by atoms with Crippen LogP contribution in [0.1, 0.15) is 63.2 Å². The molecule has 4 aromatic rings. The summed E-state index contributed by atoms with van der Waals surface area (Å²) in [6.07, 6.45) is 10.6. The molecule has 15 nitrogen and oxygen atoms in total. The lowest BCUT2D eigenvalue weighted by Crippen LogP contribution is -2.37. The average molecular weight is 826 g/mol. The fourth-order valence-electron chi connectivity index (χ4n) is 6.21. The third-order valence-electron chi connectivity index (χ3n) is 9.54. The van der Waals surface area contributed by atoms with Crippen LogP contribution in [0.2, 0.25) is 0 Å². The van der Waals surface area contributed by atoms with Gasteiger partial charge in [0.05, 0.1) is 64.0 Å². The summed E-state index contributed by atoms with van der Waals surface area (Å²) in [5.41, 5.74) is 2.42. The first-order valence-corrected chi connectivity index (χ1v) is 19.0. The van der Waals surface area contributed by atoms with Crippen molar-refractivity contribution < 1.29 is 60.8 Å². The van der Waals surface area contributed by atoms with Crippen LogP contribution >= 0.6 is 0 Å². The molecule has 316 valence electrons. The number of pyridine rings is 2. The summed E-state index contributed by atoms with van der Waals surface area (Å²) in [5.74, 6) is -7.30. The third kappa shape index (κ3) is 11.9. The first kappa shape index (κ1) is 44.4. The van der Waals surface area contributed by atoms with Gasteiger partial charge in [0, 0.05) is 72.2 Å². The van der Waals surface area contributed by atoms with Gasteiger partial charge in [-0.2, -0.15) is 4.39 Å². The number of amides is 3. The molecule has 3 aromatic heterocycles. The van der Waals surface area contributed by atoms with E-state index in [4.69, 9.17) is 28.4 Å². The van der Waals surface area contributed by atoms with Crippen molar-refractivity contribution in [2.24, 2.45) is 0 Å². The number of aldehydes is 1. The summed E-state index contributed by atoms with van der Waals surface area (Å²) in [6.45, 7) is 3.18. The Morgan fingerprint density at radius 3 is 2.19 bits per heavy atom. The minimum Gasteiger partial charge on any atom is -0.485 e. The number of aromatic nitrogens is 3. The highest BCUT2D eigenvalue weighted by molar-refractivity contribution is 6.02. The van der Waals surface area contributed by atoms with E-state index >= 15 is 4.39 Å². The number of ether oxygens (including phenoxy) is 6. The number of nitrogens with one attached hydrogen (secondary N) is 2. The van der Waals surface area contributed by atoms with Crippen molar-refractivity contribution in [1.29, 1.82) is 0 Å². The van der Waals surface area contributed by atoms with Crippen LogP contribution in [-0.2, 0) is 35.0 Å². The number of fused-ring (bicyclic) bond motifs is 3. The molecular weight excluding hydrogens is 779 g/mol. The van der Waals surface area contributed by atoms with Gasteiger partial charge < -0.3 is 38.3 Å². The highest BCUT2D eigenvalue weighted by atomic mass is 19.2. The number of carbonyl (C=O) groups excluding carboxylic acids is 4. The molecule has 0 bridgehead atoms. The van der Waals surface area contributed by atoms with Crippen LogP contribution in [0.25, 0.3) is 17.0 Å². The Labute approximate surface area is 338 Å². The van der Waals surface area contributed by atoms with Crippen molar-refractivity contribution in [1.82, 2.24) is 25.2 Å². The number of H-pyrrole nitrogens is 1. The standard InChI is InChI=1S/C41H46F3N5O10/c1-26(3-7-34(52)47-25-51)49(2)41(53)36-31(24-50)37(42)39(44)40(38(36)43)59-20-18-57-16-14-55-12-11-54-13-15-56-17-19-58-35-8-5-28(22-46-35)27-4-6-29-30-23-45-10-9-32(30)48-33(29)21-27/h4-6,8-10,22-27,48H,3,7,11-21H2,1-2H3,(H,47,51,52). The van der Waals surface area contributed by atoms with Crippen molar-refractivity contribution >= 4 is 41.5 Å². The Hall–Kier alpha value is -5.69. The van der Waals surface area contributed by atoms with Crippen molar-refractivity contribution in [2.75, 3.05) is 73.1 Å². The Balaban J connectivity index is 0.892. The molecule has 0 fully saturated rings. The van der Waals surface area contributed by atoms with Crippen LogP contribution in [0.3, 0.4) is 0 Å². The van der Waals surface area contributed by atoms with Crippen LogP contribution in [0.4, 0.5) is 13.2 Å². The number of allylic oxidation sites excluding steroid dienone is 1. The highest BCUT2D eigenvalue weighted by Crippen LogP contribution is 2.34. The smallest absolute Gasteiger partial charge is 0.257 e. The molecule has 3 amide bonds. The number of carbonyl (C=O) groups is 4. The number of hydrogen-bond acceptors (Lipinski definition) is 12. The third-order valence-corrected chi connectivity index (χ3v) is 9.54. The van der Waals surface area contributed by atoms with Crippen LogP contribution in [0.5, 0.6) is 11.6 Å². The molecule has 5 rings (SSSR count). The number of nitrogens with zero attached hydrogens (tertiary/aromatic N) is 3. The van der Waals surface area contributed by atoms with Crippen molar-refractivity contribution in [2.45, 2.75) is 38.1 Å². The summed E-state index contributed by atoms with van der Waals surface area (Å²) in [6, 6.07) is 5.15. The van der Waals surface area contributed by atoms with E-state index in [1.165, 1.54) is 25.2 Å². The zero-order valence-electron chi connectivity index (χ0n) is 32.7. The molecule has 18 heteroatoms. The van der Waals surface area contributed by atoms with Crippen LogP contribution < -0.4 is 14.8 Å². The number of benzene rings is 1. The summed E-state index contributed by atoms with van der Waals surface area (Å²) < 4.78 is 77.4. The van der Waals surface area contributed by atoms with Gasteiger partial charge in [-0.1, -0.05) is 18.2 Å². The Bertz CT molecular complexity index is 2080. The topological polar surface area (TPSA) is 180 Å². The molecule has 0 saturated heterocycles. The molecule has 59 heavy (non-hydrogen) atoms. The number of aromatic amines is 1. The maximum absolute atomic E-state index is 15.4. The Morgan fingerprint density at radius 1 is 0.898 bits per heavy atom. The van der Waals surface area contributed by atoms with Gasteiger partial charge in [-0.05, 0) is 31.4 Å². The number of halogens is 3. The molecular formula is C41H46F3N5O10. The molecule has 2 unspecified atom stereocenters. The molecule has 3 heterocycles. The van der Waals surface area contributed by atoms with E-state index in [9.17, 15) is 28.0 Å². The van der Waals surface area contributed by atoms with Gasteiger partial charge in [0.1, 0.15) is 13.2 Å². The second-order valence-electron chi connectivity index (χ2n) is 13.4. The lowest BCUT2D eigenvalue weighted by atomic mass is 9.89. The average Bonchev–Trinajstić information content (AvgIpc) is 3.62. The van der Waals surface area contributed by atoms with Crippen molar-refractivity contribution in [3.8, 4) is 11.6 Å². The lowest BCUT2D eigenvalue weighted by molar-refractivity contribution is -0.125. The quantitative estimate of drug-likeness (QED) is 0.0541. The predicted octanol–water partition coefficient (Wildman–Crippen LogP) is 4.58. The second kappa shape index (κ2) is 22.5. The first-order valence-electron chi connectivity index (χ1n) is 19.0. The number of hydrogen-bond donors (Lipinski definition) is 2. The zero-order valence-corrected chi connectivity index (χ0v) is 32.7. The van der Waals surface area contributed by atoms with E-state index in [0.717, 1.165) is 27.8 Å². The van der Waals surface area contributed by atoms with Gasteiger partial charge in [-0.3, -0.25) is 29.5 Å². The van der Waals surface area contributed by atoms with E-state index in [2.05, 4.69) is 27.1 Å². The summed E-state index contributed by atoms with van der Waals surface area (Å²) in [4.78, 5) is 59.8. The van der Waals surface area contributed by atoms with E-state index < -0.39 is 58.8 Å². The minimum atomic E-state index is -1.78. The maximum Gasteiger partial charge on any atom is 0.257 e. The van der Waals surface area contributed by atoms with E-state index in [0.29, 0.717) is 38.9 Å². The monoisotopic (exact) mass is 825 g/mol. The Kier molecular flexibility index (Phi) is 16.9. The van der Waals surface area contributed by atoms with Crippen LogP contribution in [-0.4, -0.2) is 124 Å². The largest absolute Gasteiger partial charge is 0.485 e. The van der Waals surface area contributed by atoms with E-state index in [-0.39, 0.29) is 57.9 Å². The fourth-order valence-corrected chi connectivity index (χ4v) is 6.21. The molecule has 1 aliphatic rings. The van der Waals surface area contributed by atoms with E-state index in [1.807, 2.05) is 35.9 Å². The molecule has 0 spiro atoms. The van der Waals surface area contributed by atoms with Gasteiger partial charge in [-0.15, -0.1) is 0 Å². The lowest BCUT2D eigenvalue weighted by Gasteiger charge is -2.26. The number of rotatable bonds is 25. The molecule has 2 atom stereocenters. The van der Waals surface area contributed by atoms with Crippen molar-refractivity contribution in [3.63, 3.8) is 0 Å². The fraction of sp³-hybridized carbons (Fsp3) is 0.415. The SMILES string of the molecule is CC(CCC(=O)NC=O)N(C)C(=O)c1c(F)c(OCCOCCOCCOCCOCCOc2ccc(C3C=Cc4c([nH]c5ccncc45)C3)cn2)c(F)c(F)c1C=O. The zero-order chi connectivity index (χ0) is 42.1. The molecule has 1 aliphatic carbocycles. The molecule has 0 radical (unpaired) electrons. The molecule has 0 aliphatic heterocycles. The first-order chi connectivity index (χ1) is 28.6. The summed E-state index contributed by atoms with van der Waals surface area (Å²) in [5, 5.41) is 3.07. The Morgan fingerprint density at radius 2 is 1.56 bits per heavy atom. The van der Waals surface area contributed by atoms with Crippen LogP contribution in [0.15, 0.2) is 42.9 Å². The molecule has 1 aromatic carbocycles. The predicted molar refractivity (Wildman–Crippen MR) is 207 cm³/mol. The second-order valence-corrected chi connectivity index (χ2v) is 13.4. The van der Waals surface area contributed by atoms with Gasteiger partial charge in [0.15, 0.2) is 23.7 Å². The molecule has 2 N–H and O–H groups in total. The van der Waals surface area contributed by atoms with Crippen molar-refractivity contribution in [3.05, 3.63) is 88.3 Å². The van der Waals surface area contributed by atoms with E-state index in [1.54, 1.807) is 6.20 Å². The minimum absolute atomic E-state index is 0.0512. The van der Waals surface area contributed by atoms with Gasteiger partial charge in [0.2, 0.25) is 24.0 Å². The molecule has 0 saturated carbocycles. The summed E-state index contributed by atoms with van der Waals surface area (Å²) in [7, 11) is 1.24. The van der Waals surface area contributed by atoms with Crippen LogP contribution in [0, 0.1) is 17.5 Å². The highest BCUT2D eigenvalue weighted by Gasteiger charge is 2.32. The van der Waals surface area contributed by atoms with Gasteiger partial charge in [-0.25, -0.2) is 13.8 Å².